The first-order valence-electron chi connectivity index (χ1n) is 3.96. The number of nitrogens with zero attached hydrogens (tertiary/aromatic N) is 3. The van der Waals surface area contributed by atoms with Gasteiger partial charge in [0.15, 0.2) is 0 Å². The van der Waals surface area contributed by atoms with Crippen molar-refractivity contribution >= 4 is 38.9 Å². The Labute approximate surface area is 98.8 Å². The van der Waals surface area contributed by atoms with Crippen LogP contribution in [0.15, 0.2) is 22.1 Å². The van der Waals surface area contributed by atoms with Gasteiger partial charge in [-0.15, -0.1) is 28.0 Å². The molecule has 14 heavy (non-hydrogen) atoms. The Kier molecular flexibility index (Phi) is 3.20. The van der Waals surface area contributed by atoms with Crippen LogP contribution in [0.4, 0.5) is 0 Å². The number of rotatable bonds is 3. The lowest BCUT2D eigenvalue weighted by molar-refractivity contribution is 0.654. The maximum atomic E-state index is 5.63. The fraction of sp³-hybridized carbons (Fsp3) is 0.250. The Balaban J connectivity index is 2.15. The summed E-state index contributed by atoms with van der Waals surface area (Å²) in [5.74, 6) is 0.408. The van der Waals surface area contributed by atoms with Crippen LogP contribution in [0.2, 0.25) is 0 Å². The Bertz CT molecular complexity index is 426. The molecule has 0 atom stereocenters. The molecule has 2 aromatic rings. The molecule has 0 aromatic carbocycles. The third kappa shape index (κ3) is 2.16. The van der Waals surface area contributed by atoms with Crippen LogP contribution < -0.4 is 0 Å². The minimum Gasteiger partial charge on any atom is -0.247 e. The normalized spacial score (nSPS) is 10.7. The number of halogens is 2. The maximum absolute atomic E-state index is 5.63. The second-order valence-corrected chi connectivity index (χ2v) is 4.86. The maximum Gasteiger partial charge on any atom is 0.0974 e. The molecule has 0 aliphatic heterocycles. The summed E-state index contributed by atoms with van der Waals surface area (Å²) in [7, 11) is 0. The van der Waals surface area contributed by atoms with Gasteiger partial charge in [-0.25, -0.2) is 4.68 Å². The Morgan fingerprint density at radius 3 is 3.00 bits per heavy atom. The highest BCUT2D eigenvalue weighted by molar-refractivity contribution is 9.10. The first kappa shape index (κ1) is 10.1. The minimum atomic E-state index is 0.408. The van der Waals surface area contributed by atoms with E-state index in [0.29, 0.717) is 5.88 Å². The van der Waals surface area contributed by atoms with E-state index in [1.807, 2.05) is 17.6 Å². The molecule has 0 fully saturated rings. The van der Waals surface area contributed by atoms with E-state index in [1.165, 1.54) is 4.88 Å². The van der Waals surface area contributed by atoms with E-state index in [4.69, 9.17) is 11.6 Å². The Morgan fingerprint density at radius 1 is 1.57 bits per heavy atom. The van der Waals surface area contributed by atoms with Crippen molar-refractivity contribution in [3.8, 4) is 0 Å². The molecule has 0 N–H and O–H groups in total. The second-order valence-electron chi connectivity index (χ2n) is 2.73. The molecule has 0 unspecified atom stereocenters. The van der Waals surface area contributed by atoms with Gasteiger partial charge in [-0.05, 0) is 27.4 Å². The van der Waals surface area contributed by atoms with Crippen molar-refractivity contribution in [1.82, 2.24) is 15.0 Å². The first-order valence-corrected chi connectivity index (χ1v) is 6.17. The van der Waals surface area contributed by atoms with Crippen molar-refractivity contribution in [1.29, 1.82) is 0 Å². The average Bonchev–Trinajstić information content (AvgIpc) is 2.77. The largest absolute Gasteiger partial charge is 0.247 e. The van der Waals surface area contributed by atoms with Crippen molar-refractivity contribution < 1.29 is 0 Å². The molecule has 2 aromatic heterocycles. The van der Waals surface area contributed by atoms with Crippen LogP contribution in [0.3, 0.4) is 0 Å². The molecule has 0 amide bonds. The summed E-state index contributed by atoms with van der Waals surface area (Å²) in [6, 6.07) is 2.03. The zero-order valence-electron chi connectivity index (χ0n) is 7.15. The number of thiophene rings is 1. The van der Waals surface area contributed by atoms with Crippen LogP contribution in [0.1, 0.15) is 10.6 Å². The third-order valence-electron chi connectivity index (χ3n) is 1.72. The Morgan fingerprint density at radius 2 is 2.43 bits per heavy atom. The molecule has 0 spiro atoms. The summed E-state index contributed by atoms with van der Waals surface area (Å²) >= 11 is 10.8. The van der Waals surface area contributed by atoms with Gasteiger partial charge in [-0.3, -0.25) is 0 Å². The lowest BCUT2D eigenvalue weighted by atomic mass is 10.4. The van der Waals surface area contributed by atoms with Gasteiger partial charge >= 0.3 is 0 Å². The summed E-state index contributed by atoms with van der Waals surface area (Å²) in [5, 5.41) is 9.93. The number of aromatic nitrogens is 3. The quantitative estimate of drug-likeness (QED) is 0.815. The van der Waals surface area contributed by atoms with Crippen molar-refractivity contribution in [2.45, 2.75) is 12.4 Å². The molecule has 6 heteroatoms. The van der Waals surface area contributed by atoms with E-state index in [-0.39, 0.29) is 0 Å². The van der Waals surface area contributed by atoms with Gasteiger partial charge in [0.25, 0.3) is 0 Å². The summed E-state index contributed by atoms with van der Waals surface area (Å²) < 4.78 is 2.90. The predicted molar refractivity (Wildman–Crippen MR) is 60.7 cm³/mol. The molecule has 74 valence electrons. The van der Waals surface area contributed by atoms with Crippen LogP contribution in [0, 0.1) is 0 Å². The number of hydrogen-bond acceptors (Lipinski definition) is 3. The van der Waals surface area contributed by atoms with Gasteiger partial charge in [0.05, 0.1) is 24.3 Å². The topological polar surface area (TPSA) is 30.7 Å². The van der Waals surface area contributed by atoms with E-state index >= 15 is 0 Å². The molecule has 0 radical (unpaired) electrons. The van der Waals surface area contributed by atoms with E-state index in [2.05, 4.69) is 26.2 Å². The van der Waals surface area contributed by atoms with E-state index in [1.54, 1.807) is 16.0 Å². The van der Waals surface area contributed by atoms with Crippen LogP contribution in [-0.4, -0.2) is 15.0 Å². The van der Waals surface area contributed by atoms with Gasteiger partial charge < -0.3 is 0 Å². The molecular formula is C8H7BrClN3S. The zero-order valence-corrected chi connectivity index (χ0v) is 10.3. The molecule has 0 bridgehead atoms. The molecule has 0 saturated carbocycles. The minimum absolute atomic E-state index is 0.408. The smallest absolute Gasteiger partial charge is 0.0974 e. The summed E-state index contributed by atoms with van der Waals surface area (Å²) in [4.78, 5) is 1.23. The van der Waals surface area contributed by atoms with Crippen molar-refractivity contribution in [2.24, 2.45) is 0 Å². The summed E-state index contributed by atoms with van der Waals surface area (Å²) in [6.45, 7) is 0.738. The monoisotopic (exact) mass is 291 g/mol. The highest BCUT2D eigenvalue weighted by Crippen LogP contribution is 2.23. The lowest BCUT2D eigenvalue weighted by Gasteiger charge is -1.97. The van der Waals surface area contributed by atoms with Crippen LogP contribution >= 0.6 is 38.9 Å². The molecule has 0 aliphatic rings. The van der Waals surface area contributed by atoms with Crippen molar-refractivity contribution in [2.75, 3.05) is 0 Å². The zero-order chi connectivity index (χ0) is 9.97. The lowest BCUT2D eigenvalue weighted by Crippen LogP contribution is -1.98. The standard InChI is InChI=1S/C8H7BrClN3S/c9-7-1-2-14-8(7)5-13-4-6(3-10)11-12-13/h1-2,4H,3,5H2. The Hall–Kier alpha value is -0.390. The van der Waals surface area contributed by atoms with Gasteiger partial charge in [-0.1, -0.05) is 5.21 Å². The third-order valence-corrected chi connectivity index (χ3v) is 3.90. The predicted octanol–water partition coefficient (Wildman–Crippen LogP) is 2.89. The highest BCUT2D eigenvalue weighted by atomic mass is 79.9. The number of hydrogen-bond donors (Lipinski definition) is 0. The van der Waals surface area contributed by atoms with Crippen LogP contribution in [-0.2, 0) is 12.4 Å². The van der Waals surface area contributed by atoms with E-state index < -0.39 is 0 Å². The van der Waals surface area contributed by atoms with E-state index in [9.17, 15) is 0 Å². The first-order chi connectivity index (χ1) is 6.79. The van der Waals surface area contributed by atoms with Gasteiger partial charge in [-0.2, -0.15) is 0 Å². The number of alkyl halides is 1. The van der Waals surface area contributed by atoms with E-state index in [0.717, 1.165) is 16.7 Å². The fourth-order valence-electron chi connectivity index (χ4n) is 1.06. The van der Waals surface area contributed by atoms with Crippen molar-refractivity contribution in [3.63, 3.8) is 0 Å². The molecule has 0 aliphatic carbocycles. The molecule has 0 saturated heterocycles. The SMILES string of the molecule is ClCc1cn(Cc2sccc2Br)nn1. The fourth-order valence-corrected chi connectivity index (χ4v) is 2.65. The van der Waals surface area contributed by atoms with Crippen LogP contribution in [0.25, 0.3) is 0 Å². The highest BCUT2D eigenvalue weighted by Gasteiger charge is 2.04. The molecule has 3 nitrogen and oxygen atoms in total. The van der Waals surface area contributed by atoms with Gasteiger partial charge in [0.2, 0.25) is 0 Å². The molecular weight excluding hydrogens is 286 g/mol. The summed E-state index contributed by atoms with van der Waals surface area (Å²) in [5.41, 5.74) is 0.805. The average molecular weight is 293 g/mol. The van der Waals surface area contributed by atoms with Gasteiger partial charge in [0, 0.05) is 9.35 Å². The van der Waals surface area contributed by atoms with Gasteiger partial charge in [0.1, 0.15) is 0 Å². The summed E-state index contributed by atoms with van der Waals surface area (Å²) in [6.07, 6.45) is 1.86. The molecule has 2 rings (SSSR count). The van der Waals surface area contributed by atoms with Crippen molar-refractivity contribution in [3.05, 3.63) is 32.7 Å². The van der Waals surface area contributed by atoms with Crippen LogP contribution in [0.5, 0.6) is 0 Å². The second kappa shape index (κ2) is 4.42. The molecule has 2 heterocycles.